The molecule has 0 aliphatic heterocycles. The smallest absolute Gasteiger partial charge is 0.325 e. The molecule has 0 bridgehead atoms. The molecule has 0 aromatic carbocycles. The van der Waals surface area contributed by atoms with Gasteiger partial charge in [0.1, 0.15) is 0 Å². The van der Waals surface area contributed by atoms with Gasteiger partial charge in [0, 0.05) is 0 Å². The highest BCUT2D eigenvalue weighted by atomic mass is 31.2. The van der Waals surface area contributed by atoms with Crippen LogP contribution in [0.15, 0.2) is 0 Å². The molecule has 4 N–H and O–H groups in total. The summed E-state index contributed by atoms with van der Waals surface area (Å²) in [7, 11) is -3.87. The van der Waals surface area contributed by atoms with E-state index in [9.17, 15) is 4.57 Å². The van der Waals surface area contributed by atoms with Crippen molar-refractivity contribution < 1.29 is 14.4 Å². The summed E-state index contributed by atoms with van der Waals surface area (Å²) < 4.78 is 10.6. The van der Waals surface area contributed by atoms with E-state index in [4.69, 9.17) is 15.5 Å². The van der Waals surface area contributed by atoms with Crippen LogP contribution >= 0.6 is 7.60 Å². The first kappa shape index (κ1) is 12.1. The normalized spacial score (nSPS) is 15.2. The summed E-state index contributed by atoms with van der Waals surface area (Å²) in [5.41, 5.74) is 5.38. The summed E-state index contributed by atoms with van der Waals surface area (Å²) in [4.78, 5) is 17.4. The Balaban J connectivity index is 3.92. The Morgan fingerprint density at radius 3 is 2.17 bits per heavy atom. The van der Waals surface area contributed by atoms with Gasteiger partial charge < -0.3 is 15.5 Å². The summed E-state index contributed by atoms with van der Waals surface area (Å²) in [6.07, 6.45) is 0.698. The third-order valence-corrected chi connectivity index (χ3v) is 2.63. The molecular weight excluding hydrogens is 177 g/mol. The van der Waals surface area contributed by atoms with Crippen molar-refractivity contribution in [3.63, 3.8) is 0 Å². The number of rotatable bonds is 5. The van der Waals surface area contributed by atoms with Gasteiger partial charge in [0.25, 0.3) is 0 Å². The Morgan fingerprint density at radius 1 is 1.42 bits per heavy atom. The fourth-order valence-corrected chi connectivity index (χ4v) is 2.22. The van der Waals surface area contributed by atoms with Crippen molar-refractivity contribution in [1.29, 1.82) is 0 Å². The van der Waals surface area contributed by atoms with Gasteiger partial charge in [-0.15, -0.1) is 0 Å². The maximum absolute atomic E-state index is 10.6. The predicted octanol–water partition coefficient (Wildman–Crippen LogP) is 0.785. The van der Waals surface area contributed by atoms with E-state index < -0.39 is 7.60 Å². The molecule has 5 heteroatoms. The van der Waals surface area contributed by atoms with Gasteiger partial charge in [0.15, 0.2) is 0 Å². The Hall–Kier alpha value is 0.110. The molecule has 0 fully saturated rings. The molecule has 0 spiro atoms. The first-order valence-electron chi connectivity index (χ1n) is 4.09. The van der Waals surface area contributed by atoms with E-state index in [1.165, 1.54) is 0 Å². The zero-order chi connectivity index (χ0) is 9.78. The highest BCUT2D eigenvalue weighted by Gasteiger charge is 2.20. The number of hydrogen-bond acceptors (Lipinski definition) is 2. The summed E-state index contributed by atoms with van der Waals surface area (Å²) in [5.74, 6) is 0.385. The lowest BCUT2D eigenvalue weighted by molar-refractivity contribution is 0.350. The van der Waals surface area contributed by atoms with E-state index in [0.717, 1.165) is 6.42 Å². The van der Waals surface area contributed by atoms with Crippen LogP contribution in [0.2, 0.25) is 0 Å². The van der Waals surface area contributed by atoms with Crippen molar-refractivity contribution in [2.45, 2.75) is 20.3 Å². The summed E-state index contributed by atoms with van der Waals surface area (Å²) in [6.45, 7) is 4.38. The largest absolute Gasteiger partial charge is 0.330 e. The van der Waals surface area contributed by atoms with Crippen molar-refractivity contribution >= 4 is 7.60 Å². The molecule has 1 atom stereocenters. The Kier molecular flexibility index (Phi) is 5.02. The standard InChI is InChI=1S/C7H18NO3P/c1-6(2)3-7(4-8)5-12(9,10)11/h6-7H,3-5,8H2,1-2H3,(H2,9,10,11). The molecule has 1 unspecified atom stereocenters. The Labute approximate surface area is 73.3 Å². The Bertz CT molecular complexity index is 166. The first-order chi connectivity index (χ1) is 5.35. The van der Waals surface area contributed by atoms with E-state index in [2.05, 4.69) is 0 Å². The van der Waals surface area contributed by atoms with Gasteiger partial charge in [0.05, 0.1) is 6.16 Å². The molecule has 0 heterocycles. The van der Waals surface area contributed by atoms with Crippen LogP contribution < -0.4 is 5.73 Å². The SMILES string of the molecule is CC(C)CC(CN)CP(=O)(O)O. The molecule has 0 saturated carbocycles. The summed E-state index contributed by atoms with van der Waals surface area (Å²) in [5, 5.41) is 0. The molecule has 0 radical (unpaired) electrons. The summed E-state index contributed by atoms with van der Waals surface area (Å²) in [6, 6.07) is 0. The third kappa shape index (κ3) is 6.80. The van der Waals surface area contributed by atoms with Crippen molar-refractivity contribution in [2.24, 2.45) is 17.6 Å². The van der Waals surface area contributed by atoms with Crippen LogP contribution in [0.25, 0.3) is 0 Å². The van der Waals surface area contributed by atoms with E-state index in [0.29, 0.717) is 12.5 Å². The fraction of sp³-hybridized carbons (Fsp3) is 1.00. The molecule has 0 aromatic heterocycles. The Morgan fingerprint density at radius 2 is 1.92 bits per heavy atom. The minimum Gasteiger partial charge on any atom is -0.330 e. The van der Waals surface area contributed by atoms with Crippen LogP contribution in [0.5, 0.6) is 0 Å². The molecule has 0 rings (SSSR count). The molecule has 0 aliphatic carbocycles. The molecule has 74 valence electrons. The maximum atomic E-state index is 10.6. The summed E-state index contributed by atoms with van der Waals surface area (Å²) >= 11 is 0. The molecule has 0 aromatic rings. The topological polar surface area (TPSA) is 83.6 Å². The minimum atomic E-state index is -3.87. The van der Waals surface area contributed by atoms with E-state index in [-0.39, 0.29) is 12.1 Å². The highest BCUT2D eigenvalue weighted by Crippen LogP contribution is 2.38. The van der Waals surface area contributed by atoms with E-state index >= 15 is 0 Å². The number of nitrogens with two attached hydrogens (primary N) is 1. The average Bonchev–Trinajstić information content (AvgIpc) is 1.82. The average molecular weight is 195 g/mol. The van der Waals surface area contributed by atoms with Gasteiger partial charge in [-0.3, -0.25) is 4.57 Å². The number of hydrogen-bond donors (Lipinski definition) is 3. The second kappa shape index (κ2) is 4.97. The van der Waals surface area contributed by atoms with Crippen molar-refractivity contribution in [1.82, 2.24) is 0 Å². The first-order valence-corrected chi connectivity index (χ1v) is 5.89. The molecule has 0 amide bonds. The minimum absolute atomic E-state index is 0.0502. The second-order valence-corrected chi connectivity index (χ2v) is 5.27. The van der Waals surface area contributed by atoms with Gasteiger partial charge in [-0.25, -0.2) is 0 Å². The van der Waals surface area contributed by atoms with Gasteiger partial charge >= 0.3 is 7.60 Å². The van der Waals surface area contributed by atoms with Crippen molar-refractivity contribution in [2.75, 3.05) is 12.7 Å². The zero-order valence-corrected chi connectivity index (χ0v) is 8.50. The van der Waals surface area contributed by atoms with Crippen LogP contribution in [0.1, 0.15) is 20.3 Å². The van der Waals surface area contributed by atoms with Crippen molar-refractivity contribution in [3.05, 3.63) is 0 Å². The van der Waals surface area contributed by atoms with Crippen LogP contribution in [-0.2, 0) is 4.57 Å². The molecular formula is C7H18NO3P. The molecule has 4 nitrogen and oxygen atoms in total. The quantitative estimate of drug-likeness (QED) is 0.566. The molecule has 12 heavy (non-hydrogen) atoms. The maximum Gasteiger partial charge on any atom is 0.325 e. The molecule has 0 aliphatic rings. The van der Waals surface area contributed by atoms with Crippen LogP contribution in [0, 0.1) is 11.8 Å². The second-order valence-electron chi connectivity index (χ2n) is 3.58. The van der Waals surface area contributed by atoms with Gasteiger partial charge in [-0.2, -0.15) is 0 Å². The predicted molar refractivity (Wildman–Crippen MR) is 48.9 cm³/mol. The van der Waals surface area contributed by atoms with Gasteiger partial charge in [-0.1, -0.05) is 13.8 Å². The fourth-order valence-electron chi connectivity index (χ4n) is 1.25. The van der Waals surface area contributed by atoms with Gasteiger partial charge in [-0.05, 0) is 24.8 Å². The monoisotopic (exact) mass is 195 g/mol. The third-order valence-electron chi connectivity index (χ3n) is 1.63. The van der Waals surface area contributed by atoms with Crippen LogP contribution in [0.3, 0.4) is 0 Å². The van der Waals surface area contributed by atoms with Gasteiger partial charge in [0.2, 0.25) is 0 Å². The van der Waals surface area contributed by atoms with E-state index in [1.54, 1.807) is 0 Å². The van der Waals surface area contributed by atoms with Crippen LogP contribution in [-0.4, -0.2) is 22.5 Å². The lowest BCUT2D eigenvalue weighted by atomic mass is 9.99. The molecule has 0 saturated heterocycles. The van der Waals surface area contributed by atoms with E-state index in [1.807, 2.05) is 13.8 Å². The highest BCUT2D eigenvalue weighted by molar-refractivity contribution is 7.51. The van der Waals surface area contributed by atoms with Crippen LogP contribution in [0.4, 0.5) is 0 Å². The zero-order valence-electron chi connectivity index (χ0n) is 7.60. The lowest BCUT2D eigenvalue weighted by Crippen LogP contribution is -2.20. The van der Waals surface area contributed by atoms with Crippen molar-refractivity contribution in [3.8, 4) is 0 Å². The lowest BCUT2D eigenvalue weighted by Gasteiger charge is -2.17.